The normalized spacial score (nSPS) is 15.1. The predicted octanol–water partition coefficient (Wildman–Crippen LogP) is -0.811. The van der Waals surface area contributed by atoms with E-state index in [1.165, 1.54) is 13.1 Å². The van der Waals surface area contributed by atoms with Crippen molar-refractivity contribution < 1.29 is 13.6 Å². The van der Waals surface area contributed by atoms with Crippen molar-refractivity contribution in [2.24, 2.45) is 7.05 Å². The number of carbonyl (C=O) groups excluding carboxylic acids is 1. The highest BCUT2D eigenvalue weighted by Gasteiger charge is 2.19. The molecule has 0 bridgehead atoms. The van der Waals surface area contributed by atoms with Crippen LogP contribution in [0.2, 0.25) is 0 Å². The fourth-order valence-corrected chi connectivity index (χ4v) is 3.70. The predicted molar refractivity (Wildman–Crippen MR) is 119 cm³/mol. The van der Waals surface area contributed by atoms with Crippen LogP contribution in [0.5, 0.6) is 0 Å². The van der Waals surface area contributed by atoms with E-state index < -0.39 is 28.8 Å². The van der Waals surface area contributed by atoms with Crippen LogP contribution in [-0.4, -0.2) is 86.3 Å². The second-order valence-electron chi connectivity index (χ2n) is 8.19. The molecule has 0 spiro atoms. The third-order valence-corrected chi connectivity index (χ3v) is 5.79. The molecular formula is C21H24F2N8O3. The van der Waals surface area contributed by atoms with E-state index in [1.807, 2.05) is 0 Å². The van der Waals surface area contributed by atoms with Crippen molar-refractivity contribution in [2.45, 2.75) is 6.54 Å². The highest BCUT2D eigenvalue weighted by Crippen LogP contribution is 2.11. The highest BCUT2D eigenvalue weighted by molar-refractivity contribution is 5.91. The molecule has 180 valence electrons. The molecule has 1 fully saturated rings. The smallest absolute Gasteiger partial charge is 0.332 e. The van der Waals surface area contributed by atoms with Gasteiger partial charge in [-0.25, -0.2) is 18.6 Å². The second-order valence-corrected chi connectivity index (χ2v) is 8.19. The summed E-state index contributed by atoms with van der Waals surface area (Å²) in [6.07, 6.45) is 0. The van der Waals surface area contributed by atoms with Gasteiger partial charge in [0.1, 0.15) is 0 Å². The monoisotopic (exact) mass is 474 g/mol. The fraction of sp³-hybridized carbons (Fsp3) is 0.429. The molecule has 0 unspecified atom stereocenters. The zero-order chi connectivity index (χ0) is 24.4. The van der Waals surface area contributed by atoms with E-state index in [2.05, 4.69) is 37.3 Å². The Hall–Kier alpha value is -3.58. The lowest BCUT2D eigenvalue weighted by molar-refractivity contribution is 0.0930. The van der Waals surface area contributed by atoms with E-state index in [0.29, 0.717) is 13.1 Å². The molecule has 1 aliphatic heterocycles. The van der Waals surface area contributed by atoms with Crippen LogP contribution in [0.15, 0.2) is 27.8 Å². The fourth-order valence-electron chi connectivity index (χ4n) is 3.70. The van der Waals surface area contributed by atoms with Gasteiger partial charge in [-0.2, -0.15) is 0 Å². The molecule has 1 N–H and O–H groups in total. The summed E-state index contributed by atoms with van der Waals surface area (Å²) in [4.78, 5) is 46.4. The van der Waals surface area contributed by atoms with Crippen LogP contribution in [0.3, 0.4) is 0 Å². The molecule has 0 aliphatic carbocycles. The first-order chi connectivity index (χ1) is 16.2. The maximum atomic E-state index is 13.6. The van der Waals surface area contributed by atoms with Gasteiger partial charge >= 0.3 is 5.69 Å². The summed E-state index contributed by atoms with van der Waals surface area (Å²) in [5.74, 6) is -2.99. The van der Waals surface area contributed by atoms with Crippen LogP contribution in [-0.2, 0) is 13.6 Å². The Morgan fingerprint density at radius 2 is 1.79 bits per heavy atom. The molecule has 3 heterocycles. The molecule has 0 atom stereocenters. The first-order valence-electron chi connectivity index (χ1n) is 10.7. The van der Waals surface area contributed by atoms with Gasteiger partial charge in [-0.05, 0) is 24.7 Å². The van der Waals surface area contributed by atoms with E-state index in [-0.39, 0.29) is 29.1 Å². The summed E-state index contributed by atoms with van der Waals surface area (Å²) in [7, 11) is 3.31. The summed E-state index contributed by atoms with van der Waals surface area (Å²) >= 11 is 0. The quantitative estimate of drug-likeness (QED) is 0.493. The number of halogens is 2. The van der Waals surface area contributed by atoms with Crippen LogP contribution < -0.4 is 16.6 Å². The van der Waals surface area contributed by atoms with Gasteiger partial charge in [0.2, 0.25) is 5.82 Å². The molecule has 3 aromatic rings. The number of fused-ring (bicyclic) bond motifs is 1. The van der Waals surface area contributed by atoms with E-state index in [1.54, 1.807) is 0 Å². The number of hydrogen-bond donors (Lipinski definition) is 1. The van der Waals surface area contributed by atoms with Crippen LogP contribution in [0, 0.1) is 11.6 Å². The minimum absolute atomic E-state index is 0.160. The molecule has 34 heavy (non-hydrogen) atoms. The van der Waals surface area contributed by atoms with Gasteiger partial charge in [-0.15, -0.1) is 10.2 Å². The Bertz CT molecular complexity index is 1350. The van der Waals surface area contributed by atoms with Crippen LogP contribution in [0.4, 0.5) is 8.78 Å². The molecule has 11 nitrogen and oxygen atoms in total. The number of aromatic nitrogens is 5. The molecular weight excluding hydrogens is 450 g/mol. The zero-order valence-corrected chi connectivity index (χ0v) is 18.8. The van der Waals surface area contributed by atoms with E-state index in [4.69, 9.17) is 0 Å². The minimum Gasteiger partial charge on any atom is -0.348 e. The maximum Gasteiger partial charge on any atom is 0.332 e. The number of piperazine rings is 1. The number of benzene rings is 1. The lowest BCUT2D eigenvalue weighted by atomic mass is 10.2. The largest absolute Gasteiger partial charge is 0.348 e. The van der Waals surface area contributed by atoms with Gasteiger partial charge in [0.25, 0.3) is 11.5 Å². The van der Waals surface area contributed by atoms with Gasteiger partial charge in [0.15, 0.2) is 22.8 Å². The summed E-state index contributed by atoms with van der Waals surface area (Å²) in [6, 6.07) is 3.20. The van der Waals surface area contributed by atoms with E-state index >= 15 is 0 Å². The molecule has 1 aromatic carbocycles. The van der Waals surface area contributed by atoms with Crippen molar-refractivity contribution in [2.75, 3.05) is 46.3 Å². The van der Waals surface area contributed by atoms with Crippen LogP contribution >= 0.6 is 0 Å². The average molecular weight is 474 g/mol. The Balaban J connectivity index is 1.56. The van der Waals surface area contributed by atoms with Gasteiger partial charge < -0.3 is 10.2 Å². The topological polar surface area (TPSA) is 118 Å². The Labute approximate surface area is 192 Å². The Morgan fingerprint density at radius 3 is 2.50 bits per heavy atom. The second kappa shape index (κ2) is 9.73. The summed E-state index contributed by atoms with van der Waals surface area (Å²) in [5, 5.41) is 10.4. The molecule has 0 radical (unpaired) electrons. The number of rotatable bonds is 6. The van der Waals surface area contributed by atoms with Crippen molar-refractivity contribution in [1.29, 1.82) is 0 Å². The van der Waals surface area contributed by atoms with Crippen LogP contribution in [0.25, 0.3) is 11.2 Å². The lowest BCUT2D eigenvalue weighted by Crippen LogP contribution is -2.47. The standard InChI is InChI=1S/C21H24F2N8O3/c1-28-7-9-30(10-8-28)6-5-24-19(32)17-25-16-18(27-26-17)31(21(34)29(2)20(16)33)12-13-3-4-14(22)15(23)11-13/h3-4,11H,5-10,12H2,1-2H3,(H,24,32). The molecule has 1 amide bonds. The third kappa shape index (κ3) is 4.84. The van der Waals surface area contributed by atoms with Gasteiger partial charge in [0, 0.05) is 46.3 Å². The van der Waals surface area contributed by atoms with Crippen molar-refractivity contribution in [3.63, 3.8) is 0 Å². The highest BCUT2D eigenvalue weighted by atomic mass is 19.2. The summed E-state index contributed by atoms with van der Waals surface area (Å²) in [6.45, 7) is 4.57. The average Bonchev–Trinajstić information content (AvgIpc) is 2.83. The van der Waals surface area contributed by atoms with Gasteiger partial charge in [-0.3, -0.25) is 23.6 Å². The lowest BCUT2D eigenvalue weighted by Gasteiger charge is -2.32. The van der Waals surface area contributed by atoms with E-state index in [0.717, 1.165) is 47.4 Å². The van der Waals surface area contributed by atoms with Gasteiger partial charge in [-0.1, -0.05) is 6.07 Å². The van der Waals surface area contributed by atoms with Crippen molar-refractivity contribution in [3.8, 4) is 0 Å². The summed E-state index contributed by atoms with van der Waals surface area (Å²) in [5.41, 5.74) is -1.60. The molecule has 2 aromatic heterocycles. The minimum atomic E-state index is -1.07. The van der Waals surface area contributed by atoms with Gasteiger partial charge in [0.05, 0.1) is 6.54 Å². The number of carbonyl (C=O) groups is 1. The van der Waals surface area contributed by atoms with Crippen molar-refractivity contribution in [1.82, 2.24) is 39.4 Å². The maximum absolute atomic E-state index is 13.6. The van der Waals surface area contributed by atoms with Crippen molar-refractivity contribution >= 4 is 17.1 Å². The first kappa shape index (κ1) is 23.6. The number of amides is 1. The Morgan fingerprint density at radius 1 is 1.06 bits per heavy atom. The van der Waals surface area contributed by atoms with E-state index in [9.17, 15) is 23.2 Å². The molecule has 13 heteroatoms. The number of likely N-dealkylation sites (N-methyl/N-ethyl adjacent to an activating group) is 1. The zero-order valence-electron chi connectivity index (χ0n) is 18.8. The Kier molecular flexibility index (Phi) is 6.75. The molecule has 4 rings (SSSR count). The molecule has 1 aliphatic rings. The number of nitrogens with zero attached hydrogens (tertiary/aromatic N) is 7. The number of nitrogens with one attached hydrogen (secondary N) is 1. The third-order valence-electron chi connectivity index (χ3n) is 5.79. The van der Waals surface area contributed by atoms with Crippen LogP contribution in [0.1, 0.15) is 16.2 Å². The summed E-state index contributed by atoms with van der Waals surface area (Å²) < 4.78 is 28.7. The number of hydrogen-bond acceptors (Lipinski definition) is 8. The first-order valence-corrected chi connectivity index (χ1v) is 10.7. The molecule has 0 saturated carbocycles. The molecule has 1 saturated heterocycles. The van der Waals surface area contributed by atoms with Crippen molar-refractivity contribution in [3.05, 3.63) is 62.1 Å². The SMILES string of the molecule is CN1CCN(CCNC(=O)c2nnc3c(n2)c(=O)n(C)c(=O)n3Cc2ccc(F)c(F)c2)CC1.